The predicted molar refractivity (Wildman–Crippen MR) is 141 cm³/mol. The molecule has 4 N–H and O–H groups in total. The number of benzene rings is 2. The molecular weight excluding hydrogens is 480 g/mol. The van der Waals surface area contributed by atoms with E-state index in [1.165, 1.54) is 0 Å². The van der Waals surface area contributed by atoms with Crippen molar-refractivity contribution in [1.82, 2.24) is 50.3 Å². The van der Waals surface area contributed by atoms with Crippen LogP contribution >= 0.6 is 0 Å². The van der Waals surface area contributed by atoms with Gasteiger partial charge in [-0.05, 0) is 48.5 Å². The first-order chi connectivity index (χ1) is 18.7. The van der Waals surface area contributed by atoms with E-state index in [-0.39, 0.29) is 17.4 Å². The molecule has 0 unspecified atom stereocenters. The molecule has 180 valence electrons. The van der Waals surface area contributed by atoms with Gasteiger partial charge >= 0.3 is 0 Å². The van der Waals surface area contributed by atoms with Gasteiger partial charge in [0.15, 0.2) is 11.6 Å². The highest BCUT2D eigenvalue weighted by Gasteiger charge is 2.20. The molecule has 0 fully saturated rings. The van der Waals surface area contributed by atoms with E-state index in [0.29, 0.717) is 11.0 Å². The fraction of sp³-hybridized carbons (Fsp3) is 0. The van der Waals surface area contributed by atoms with Crippen molar-refractivity contribution in [2.24, 2.45) is 0 Å². The maximum atomic E-state index is 13.4. The Kier molecular flexibility index (Phi) is 4.12. The lowest BCUT2D eigenvalue weighted by molar-refractivity contribution is 0.102. The number of nitrogens with one attached hydrogen (secondary N) is 4. The maximum absolute atomic E-state index is 13.4. The summed E-state index contributed by atoms with van der Waals surface area (Å²) in [5, 5.41) is 16.9. The average molecular weight is 496 g/mol. The Morgan fingerprint density at radius 3 is 1.47 bits per heavy atom. The minimum Gasteiger partial charge on any atom is -0.335 e. The number of fused-ring (bicyclic) bond motifs is 4. The number of rotatable bonds is 4. The number of pyridine rings is 2. The molecule has 11 nitrogen and oxygen atoms in total. The van der Waals surface area contributed by atoms with Gasteiger partial charge in [0, 0.05) is 46.7 Å². The molecule has 11 heteroatoms. The third-order valence-corrected chi connectivity index (χ3v) is 6.67. The zero-order valence-electron chi connectivity index (χ0n) is 19.5. The molecule has 0 saturated heterocycles. The van der Waals surface area contributed by atoms with Crippen LogP contribution in [0.25, 0.3) is 66.4 Å². The van der Waals surface area contributed by atoms with E-state index in [9.17, 15) is 4.79 Å². The Morgan fingerprint density at radius 2 is 1.03 bits per heavy atom. The molecule has 38 heavy (non-hydrogen) atoms. The summed E-state index contributed by atoms with van der Waals surface area (Å²) in [4.78, 5) is 37.0. The van der Waals surface area contributed by atoms with E-state index in [0.717, 1.165) is 55.4 Å². The van der Waals surface area contributed by atoms with Gasteiger partial charge in [0.2, 0.25) is 0 Å². The second-order valence-electron chi connectivity index (χ2n) is 8.95. The van der Waals surface area contributed by atoms with Crippen LogP contribution in [0.15, 0.2) is 73.3 Å². The Balaban J connectivity index is 1.19. The second-order valence-corrected chi connectivity index (χ2v) is 8.95. The van der Waals surface area contributed by atoms with Crippen molar-refractivity contribution in [1.29, 1.82) is 0 Å². The van der Waals surface area contributed by atoms with Crippen LogP contribution < -0.4 is 0 Å². The van der Waals surface area contributed by atoms with Gasteiger partial charge in [-0.15, -0.1) is 0 Å². The van der Waals surface area contributed by atoms with Gasteiger partial charge in [-0.2, -0.15) is 10.2 Å². The first kappa shape index (κ1) is 20.5. The number of hydrogen-bond acceptors (Lipinski definition) is 7. The molecular formula is C27H16N10O. The van der Waals surface area contributed by atoms with Gasteiger partial charge in [-0.3, -0.25) is 25.0 Å². The first-order valence-corrected chi connectivity index (χ1v) is 11.8. The molecule has 8 rings (SSSR count). The Hall–Kier alpha value is -5.71. The summed E-state index contributed by atoms with van der Waals surface area (Å²) < 4.78 is 0. The van der Waals surface area contributed by atoms with Crippen LogP contribution in [0.1, 0.15) is 16.4 Å². The highest BCUT2D eigenvalue weighted by atomic mass is 16.1. The van der Waals surface area contributed by atoms with E-state index >= 15 is 0 Å². The fourth-order valence-electron chi connectivity index (χ4n) is 4.83. The number of carbonyl (C=O) groups is 1. The smallest absolute Gasteiger partial charge is 0.263 e. The fourth-order valence-corrected chi connectivity index (χ4v) is 4.83. The van der Waals surface area contributed by atoms with Crippen molar-refractivity contribution < 1.29 is 4.79 Å². The van der Waals surface area contributed by atoms with Crippen molar-refractivity contribution >= 4 is 49.7 Å². The number of H-pyrrole nitrogens is 4. The van der Waals surface area contributed by atoms with E-state index in [4.69, 9.17) is 0 Å². The van der Waals surface area contributed by atoms with Crippen LogP contribution in [0.2, 0.25) is 0 Å². The van der Waals surface area contributed by atoms with Gasteiger partial charge in [-0.25, -0.2) is 9.97 Å². The van der Waals surface area contributed by atoms with Gasteiger partial charge in [0.25, 0.3) is 5.78 Å². The largest absolute Gasteiger partial charge is 0.335 e. The molecule has 6 heterocycles. The zero-order valence-corrected chi connectivity index (χ0v) is 19.5. The van der Waals surface area contributed by atoms with E-state index < -0.39 is 0 Å². The Labute approximate surface area is 212 Å². The molecule has 0 aliphatic rings. The Morgan fingerprint density at radius 1 is 0.579 bits per heavy atom. The topological polar surface area (TPSA) is 158 Å². The number of imidazole rings is 2. The summed E-state index contributed by atoms with van der Waals surface area (Å²) in [5.74, 6) is 0.0781. The van der Waals surface area contributed by atoms with Gasteiger partial charge in [0.1, 0.15) is 11.4 Å². The van der Waals surface area contributed by atoms with E-state index in [1.54, 1.807) is 24.8 Å². The first-order valence-electron chi connectivity index (χ1n) is 11.8. The number of ketones is 1. The van der Waals surface area contributed by atoms with E-state index in [1.807, 2.05) is 48.5 Å². The normalized spacial score (nSPS) is 11.8. The number of aromatic amines is 4. The number of nitrogens with zero attached hydrogens (tertiary/aromatic N) is 6. The van der Waals surface area contributed by atoms with Crippen LogP contribution in [-0.2, 0) is 0 Å². The maximum Gasteiger partial charge on any atom is 0.263 e. The summed E-state index contributed by atoms with van der Waals surface area (Å²) in [5.41, 5.74) is 7.93. The third-order valence-electron chi connectivity index (χ3n) is 6.67. The lowest BCUT2D eigenvalue weighted by Crippen LogP contribution is -2.05. The predicted octanol–water partition coefficient (Wildman–Crippen LogP) is 4.55. The van der Waals surface area contributed by atoms with Gasteiger partial charge in [-0.1, -0.05) is 0 Å². The molecule has 0 spiro atoms. The average Bonchev–Trinajstić information content (AvgIpc) is 3.74. The Bertz CT molecular complexity index is 2000. The molecule has 8 aromatic rings. The van der Waals surface area contributed by atoms with Crippen molar-refractivity contribution in [3.8, 4) is 22.5 Å². The summed E-state index contributed by atoms with van der Waals surface area (Å²) in [6.45, 7) is 0. The van der Waals surface area contributed by atoms with Crippen LogP contribution in [0.3, 0.4) is 0 Å². The summed E-state index contributed by atoms with van der Waals surface area (Å²) in [6, 6.07) is 15.3. The quantitative estimate of drug-likeness (QED) is 0.260. The molecule has 0 aliphatic heterocycles. The minimum absolute atomic E-state index is 0.204. The minimum atomic E-state index is -0.329. The van der Waals surface area contributed by atoms with Crippen LogP contribution in [0.4, 0.5) is 0 Å². The molecule has 6 aromatic heterocycles. The summed E-state index contributed by atoms with van der Waals surface area (Å²) in [6.07, 6.45) is 6.91. The SMILES string of the molecule is O=C(c1nc2cc3c(-c4ccncc4)n[nH]c3cc2[nH]1)c1nc2cc3c(-c4ccncc4)n[nH]c3cc2[nH]1. The zero-order chi connectivity index (χ0) is 25.2. The molecule has 0 aliphatic carbocycles. The second kappa shape index (κ2) is 7.64. The van der Waals surface area contributed by atoms with Crippen molar-refractivity contribution in [2.75, 3.05) is 0 Å². The lowest BCUT2D eigenvalue weighted by Gasteiger charge is -1.96. The molecule has 0 bridgehead atoms. The number of aromatic nitrogens is 10. The monoisotopic (exact) mass is 496 g/mol. The third kappa shape index (κ3) is 3.05. The summed E-state index contributed by atoms with van der Waals surface area (Å²) in [7, 11) is 0. The number of hydrogen-bond donors (Lipinski definition) is 4. The molecule has 2 aromatic carbocycles. The highest BCUT2D eigenvalue weighted by Crippen LogP contribution is 2.31. The van der Waals surface area contributed by atoms with E-state index in [2.05, 4.69) is 50.3 Å². The molecule has 0 amide bonds. The number of carbonyl (C=O) groups excluding carboxylic acids is 1. The van der Waals surface area contributed by atoms with Crippen molar-refractivity contribution in [2.45, 2.75) is 0 Å². The van der Waals surface area contributed by atoms with Crippen molar-refractivity contribution in [3.63, 3.8) is 0 Å². The molecule has 0 saturated carbocycles. The van der Waals surface area contributed by atoms with Crippen LogP contribution in [-0.4, -0.2) is 56.1 Å². The van der Waals surface area contributed by atoms with Crippen molar-refractivity contribution in [3.05, 3.63) is 85.0 Å². The van der Waals surface area contributed by atoms with Gasteiger partial charge in [0.05, 0.1) is 33.1 Å². The standard InChI is InChI=1S/C27H16N10O/c38-25(26-30-19-9-15-17(11-21(19)32-26)34-36-23(15)13-1-5-28-6-2-13)27-31-20-10-16-18(12-22(20)33-27)35-37-24(16)14-3-7-29-8-4-14/h1-12H,(H,30,32)(H,31,33)(H,34,36)(H,35,37). The molecule has 0 atom stereocenters. The van der Waals surface area contributed by atoms with Crippen LogP contribution in [0, 0.1) is 0 Å². The molecule has 0 radical (unpaired) electrons. The highest BCUT2D eigenvalue weighted by molar-refractivity contribution is 6.09. The van der Waals surface area contributed by atoms with Gasteiger partial charge < -0.3 is 9.97 Å². The van der Waals surface area contributed by atoms with Crippen LogP contribution in [0.5, 0.6) is 0 Å². The summed E-state index contributed by atoms with van der Waals surface area (Å²) >= 11 is 0. The lowest BCUT2D eigenvalue weighted by atomic mass is 10.1.